The van der Waals surface area contributed by atoms with E-state index < -0.39 is 15.3 Å². The van der Waals surface area contributed by atoms with E-state index in [1.165, 1.54) is 6.92 Å². The maximum atomic E-state index is 11.7. The lowest BCUT2D eigenvalue weighted by atomic mass is 10.1. The fourth-order valence-corrected chi connectivity index (χ4v) is 3.01. The summed E-state index contributed by atoms with van der Waals surface area (Å²) >= 11 is 4.68. The molecule has 100 valence electrons. The molecule has 0 aromatic rings. The van der Waals surface area contributed by atoms with Crippen molar-refractivity contribution < 1.29 is 13.2 Å². The van der Waals surface area contributed by atoms with E-state index in [4.69, 9.17) is 10.5 Å². The van der Waals surface area contributed by atoms with Gasteiger partial charge in [-0.25, -0.2) is 13.1 Å². The van der Waals surface area contributed by atoms with Gasteiger partial charge in [0.15, 0.2) is 0 Å². The van der Waals surface area contributed by atoms with E-state index in [0.717, 1.165) is 25.9 Å². The molecule has 3 N–H and O–H groups in total. The van der Waals surface area contributed by atoms with Crippen LogP contribution in [0.15, 0.2) is 0 Å². The minimum atomic E-state index is -3.43. The maximum absolute atomic E-state index is 11.7. The van der Waals surface area contributed by atoms with Crippen molar-refractivity contribution in [3.05, 3.63) is 0 Å². The summed E-state index contributed by atoms with van der Waals surface area (Å²) in [4.78, 5) is -0.00795. The van der Waals surface area contributed by atoms with Gasteiger partial charge in [0.2, 0.25) is 10.0 Å². The summed E-state index contributed by atoms with van der Waals surface area (Å²) < 4.78 is 31.4. The fourth-order valence-electron chi connectivity index (χ4n) is 1.68. The van der Waals surface area contributed by atoms with Crippen LogP contribution in [0.2, 0.25) is 0 Å². The van der Waals surface area contributed by atoms with Crippen molar-refractivity contribution in [2.24, 2.45) is 5.73 Å². The highest BCUT2D eigenvalue weighted by Crippen LogP contribution is 2.15. The number of nitrogens with one attached hydrogen (secondary N) is 1. The summed E-state index contributed by atoms with van der Waals surface area (Å²) in [7, 11) is -3.43. The van der Waals surface area contributed by atoms with Gasteiger partial charge in [-0.3, -0.25) is 0 Å². The Balaban J connectivity index is 2.32. The molecule has 1 saturated heterocycles. The monoisotopic (exact) mass is 280 g/mol. The van der Waals surface area contributed by atoms with Crippen LogP contribution in [-0.2, 0) is 14.8 Å². The average Bonchev–Trinajstić information content (AvgIpc) is 2.29. The third-order valence-electron chi connectivity index (χ3n) is 2.91. The molecule has 0 aliphatic carbocycles. The molecular formula is C10H20N2O3S2. The van der Waals surface area contributed by atoms with Gasteiger partial charge in [0.05, 0.1) is 11.1 Å². The van der Waals surface area contributed by atoms with E-state index in [1.54, 1.807) is 0 Å². The van der Waals surface area contributed by atoms with Crippen LogP contribution in [0.5, 0.6) is 0 Å². The lowest BCUT2D eigenvalue weighted by Crippen LogP contribution is -2.41. The third-order valence-corrected chi connectivity index (χ3v) is 5.20. The first kappa shape index (κ1) is 14.8. The van der Waals surface area contributed by atoms with Crippen LogP contribution in [0.4, 0.5) is 0 Å². The van der Waals surface area contributed by atoms with Gasteiger partial charge in [0, 0.05) is 13.2 Å². The minimum Gasteiger partial charge on any atom is -0.392 e. The van der Waals surface area contributed by atoms with Crippen LogP contribution in [0, 0.1) is 0 Å². The number of ether oxygens (including phenoxy) is 1. The first-order chi connectivity index (χ1) is 7.93. The van der Waals surface area contributed by atoms with Crippen LogP contribution in [-0.4, -0.2) is 37.9 Å². The predicted octanol–water partition coefficient (Wildman–Crippen LogP) is 0.540. The van der Waals surface area contributed by atoms with Gasteiger partial charge < -0.3 is 10.5 Å². The second-order valence-electron chi connectivity index (χ2n) is 4.26. The topological polar surface area (TPSA) is 81.4 Å². The Morgan fingerprint density at radius 1 is 1.59 bits per heavy atom. The predicted molar refractivity (Wildman–Crippen MR) is 71.4 cm³/mol. The van der Waals surface area contributed by atoms with Crippen molar-refractivity contribution in [2.75, 3.05) is 13.2 Å². The van der Waals surface area contributed by atoms with Crippen molar-refractivity contribution in [1.29, 1.82) is 0 Å². The minimum absolute atomic E-state index is 0.00795. The molecule has 0 aromatic heterocycles. The lowest BCUT2D eigenvalue weighted by Gasteiger charge is -2.22. The summed E-state index contributed by atoms with van der Waals surface area (Å²) in [5, 5.41) is -0.829. The molecule has 0 spiro atoms. The number of nitrogens with two attached hydrogens (primary N) is 1. The number of rotatable bonds is 6. The fraction of sp³-hybridized carbons (Fsp3) is 0.900. The Bertz CT molecular complexity index is 351. The second-order valence-corrected chi connectivity index (χ2v) is 6.82. The van der Waals surface area contributed by atoms with Crippen molar-refractivity contribution >= 4 is 27.2 Å². The van der Waals surface area contributed by atoms with Gasteiger partial charge in [-0.15, -0.1) is 0 Å². The van der Waals surface area contributed by atoms with Gasteiger partial charge in [0.1, 0.15) is 5.25 Å². The zero-order valence-electron chi connectivity index (χ0n) is 10.0. The Morgan fingerprint density at radius 2 is 2.29 bits per heavy atom. The number of thiocarbonyl (C=S) groups is 1. The highest BCUT2D eigenvalue weighted by atomic mass is 32.2. The number of sulfonamides is 1. The van der Waals surface area contributed by atoms with E-state index >= 15 is 0 Å². The molecule has 7 heteroatoms. The normalized spacial score (nSPS) is 23.2. The molecule has 17 heavy (non-hydrogen) atoms. The van der Waals surface area contributed by atoms with Crippen molar-refractivity contribution in [3.8, 4) is 0 Å². The summed E-state index contributed by atoms with van der Waals surface area (Å²) in [6, 6.07) is 0. The van der Waals surface area contributed by atoms with Gasteiger partial charge in [-0.1, -0.05) is 12.2 Å². The summed E-state index contributed by atoms with van der Waals surface area (Å²) in [6.07, 6.45) is 4.13. The molecule has 1 rings (SSSR count). The molecule has 2 unspecified atom stereocenters. The molecule has 1 fully saturated rings. The molecule has 0 radical (unpaired) electrons. The Hall–Kier alpha value is -0.240. The van der Waals surface area contributed by atoms with E-state index in [-0.39, 0.29) is 11.1 Å². The van der Waals surface area contributed by atoms with Gasteiger partial charge in [0.25, 0.3) is 0 Å². The average molecular weight is 280 g/mol. The van der Waals surface area contributed by atoms with Crippen LogP contribution in [0.3, 0.4) is 0 Å². The molecule has 1 aliphatic heterocycles. The van der Waals surface area contributed by atoms with E-state index in [1.807, 2.05) is 0 Å². The van der Waals surface area contributed by atoms with Gasteiger partial charge >= 0.3 is 0 Å². The van der Waals surface area contributed by atoms with Crippen molar-refractivity contribution in [1.82, 2.24) is 4.72 Å². The largest absolute Gasteiger partial charge is 0.392 e. The third kappa shape index (κ3) is 4.87. The Morgan fingerprint density at radius 3 is 2.82 bits per heavy atom. The van der Waals surface area contributed by atoms with Crippen LogP contribution in [0.1, 0.15) is 32.6 Å². The van der Waals surface area contributed by atoms with Gasteiger partial charge in [-0.05, 0) is 32.6 Å². The summed E-state index contributed by atoms with van der Waals surface area (Å²) in [6.45, 7) is 2.64. The smallest absolute Gasteiger partial charge is 0.220 e. The molecule has 5 nitrogen and oxygen atoms in total. The Labute approximate surface area is 108 Å². The quantitative estimate of drug-likeness (QED) is 0.694. The van der Waals surface area contributed by atoms with Crippen molar-refractivity contribution in [3.63, 3.8) is 0 Å². The van der Waals surface area contributed by atoms with Gasteiger partial charge in [-0.2, -0.15) is 0 Å². The molecule has 0 saturated carbocycles. The van der Waals surface area contributed by atoms with Crippen LogP contribution < -0.4 is 10.5 Å². The maximum Gasteiger partial charge on any atom is 0.220 e. The Kier molecular flexibility index (Phi) is 5.78. The zero-order chi connectivity index (χ0) is 12.9. The molecule has 1 aliphatic rings. The molecular weight excluding hydrogens is 260 g/mol. The second kappa shape index (κ2) is 6.63. The molecule has 0 amide bonds. The number of hydrogen-bond donors (Lipinski definition) is 2. The number of hydrogen-bond acceptors (Lipinski definition) is 4. The highest BCUT2D eigenvalue weighted by molar-refractivity contribution is 7.93. The lowest BCUT2D eigenvalue weighted by molar-refractivity contribution is 0.0123. The zero-order valence-corrected chi connectivity index (χ0v) is 11.6. The SMILES string of the molecule is CC(C(N)=S)S(=O)(=O)NCCC1CCCCO1. The molecule has 0 bridgehead atoms. The molecule has 1 heterocycles. The summed E-state index contributed by atoms with van der Waals surface area (Å²) in [5.74, 6) is 0. The molecule has 0 aromatic carbocycles. The van der Waals surface area contributed by atoms with Crippen LogP contribution >= 0.6 is 12.2 Å². The highest BCUT2D eigenvalue weighted by Gasteiger charge is 2.23. The molecule has 2 atom stereocenters. The van der Waals surface area contributed by atoms with E-state index in [2.05, 4.69) is 16.9 Å². The van der Waals surface area contributed by atoms with E-state index in [0.29, 0.717) is 13.0 Å². The van der Waals surface area contributed by atoms with Crippen LogP contribution in [0.25, 0.3) is 0 Å². The first-order valence-corrected chi connectivity index (χ1v) is 7.78. The first-order valence-electron chi connectivity index (χ1n) is 5.83. The summed E-state index contributed by atoms with van der Waals surface area (Å²) in [5.41, 5.74) is 5.32. The van der Waals surface area contributed by atoms with E-state index in [9.17, 15) is 8.42 Å². The standard InChI is InChI=1S/C10H20N2O3S2/c1-8(10(11)16)17(13,14)12-6-5-9-4-2-3-7-15-9/h8-9,12H,2-7H2,1H3,(H2,11,16). The van der Waals surface area contributed by atoms with Crippen molar-refractivity contribution in [2.45, 2.75) is 44.0 Å².